The van der Waals surface area contributed by atoms with Gasteiger partial charge < -0.3 is 4.90 Å². The number of aliphatic imine (C=N–C) groups is 2. The van der Waals surface area contributed by atoms with Crippen molar-refractivity contribution in [2.45, 2.75) is 40.7 Å². The van der Waals surface area contributed by atoms with Crippen LogP contribution in [0.1, 0.15) is 34.6 Å². The van der Waals surface area contributed by atoms with Crippen molar-refractivity contribution in [1.29, 1.82) is 0 Å². The molecule has 0 bridgehead atoms. The summed E-state index contributed by atoms with van der Waals surface area (Å²) in [5, 5.41) is 0. The lowest BCUT2D eigenvalue weighted by Gasteiger charge is -2.38. The minimum absolute atomic E-state index is 0.259. The summed E-state index contributed by atoms with van der Waals surface area (Å²) in [4.78, 5) is 14.1. The highest BCUT2D eigenvalue weighted by molar-refractivity contribution is 5.90. The second-order valence-electron chi connectivity index (χ2n) is 7.01. The van der Waals surface area contributed by atoms with Crippen LogP contribution in [-0.2, 0) is 0 Å². The van der Waals surface area contributed by atoms with Crippen LogP contribution in [0.4, 0.5) is 0 Å². The summed E-state index contributed by atoms with van der Waals surface area (Å²) in [5.74, 6) is 1.41. The van der Waals surface area contributed by atoms with Crippen molar-refractivity contribution in [3.8, 4) is 0 Å². The van der Waals surface area contributed by atoms with E-state index >= 15 is 0 Å². The summed E-state index contributed by atoms with van der Waals surface area (Å²) in [5.41, 5.74) is 0.259. The predicted molar refractivity (Wildman–Crippen MR) is 82.0 cm³/mol. The highest BCUT2D eigenvalue weighted by Crippen LogP contribution is 2.26. The topological polar surface area (TPSA) is 31.2 Å². The van der Waals surface area contributed by atoms with E-state index < -0.39 is 0 Å². The Morgan fingerprint density at radius 2 is 1.79 bits per heavy atom. The molecule has 0 amide bonds. The summed E-state index contributed by atoms with van der Waals surface area (Å²) in [6, 6.07) is 0.643. The Kier molecular flexibility index (Phi) is 4.29. The Hall–Kier alpha value is -0.900. The molecule has 0 saturated carbocycles. The molecule has 0 spiro atoms. The van der Waals surface area contributed by atoms with E-state index in [0.717, 1.165) is 38.7 Å². The SMILES string of the molecule is CC(C)N1CCN(C2=NCC(C(C)(C)C)C=N2)CC1. The van der Waals surface area contributed by atoms with E-state index in [1.807, 2.05) is 0 Å². The average Bonchev–Trinajstić information content (AvgIpc) is 2.38. The van der Waals surface area contributed by atoms with E-state index in [4.69, 9.17) is 4.99 Å². The second kappa shape index (κ2) is 5.61. The minimum atomic E-state index is 0.259. The van der Waals surface area contributed by atoms with Gasteiger partial charge in [-0.25, -0.2) is 4.99 Å². The smallest absolute Gasteiger partial charge is 0.220 e. The number of piperazine rings is 1. The van der Waals surface area contributed by atoms with Crippen molar-refractivity contribution in [2.24, 2.45) is 21.3 Å². The number of guanidine groups is 1. The summed E-state index contributed by atoms with van der Waals surface area (Å²) < 4.78 is 0. The van der Waals surface area contributed by atoms with Gasteiger partial charge in [0.15, 0.2) is 0 Å². The minimum Gasteiger partial charge on any atom is -0.339 e. The van der Waals surface area contributed by atoms with Crippen molar-refractivity contribution in [3.05, 3.63) is 0 Å². The first-order valence-electron chi connectivity index (χ1n) is 7.45. The van der Waals surface area contributed by atoms with Crippen molar-refractivity contribution >= 4 is 12.2 Å². The molecule has 2 aliphatic rings. The molecule has 4 heteroatoms. The third-order valence-corrected chi connectivity index (χ3v) is 4.24. The predicted octanol–water partition coefficient (Wildman–Crippen LogP) is 2.12. The van der Waals surface area contributed by atoms with Gasteiger partial charge >= 0.3 is 0 Å². The molecule has 2 rings (SSSR count). The van der Waals surface area contributed by atoms with Gasteiger partial charge in [0, 0.05) is 44.4 Å². The molecule has 0 aromatic heterocycles. The first kappa shape index (κ1) is 14.5. The molecule has 0 aromatic rings. The Bertz CT molecular complexity index is 357. The molecule has 108 valence electrons. The van der Waals surface area contributed by atoms with E-state index in [0.29, 0.717) is 12.0 Å². The molecule has 1 fully saturated rings. The maximum atomic E-state index is 4.70. The van der Waals surface area contributed by atoms with Gasteiger partial charge in [-0.15, -0.1) is 0 Å². The normalized spacial score (nSPS) is 25.9. The molecule has 0 N–H and O–H groups in total. The molecule has 2 aliphatic heterocycles. The summed E-state index contributed by atoms with van der Waals surface area (Å²) >= 11 is 0. The Morgan fingerprint density at radius 3 is 2.21 bits per heavy atom. The summed E-state index contributed by atoms with van der Waals surface area (Å²) in [7, 11) is 0. The van der Waals surface area contributed by atoms with Gasteiger partial charge in [-0.05, 0) is 19.3 Å². The van der Waals surface area contributed by atoms with Gasteiger partial charge in [-0.1, -0.05) is 20.8 Å². The van der Waals surface area contributed by atoms with Crippen molar-refractivity contribution in [2.75, 3.05) is 32.7 Å². The van der Waals surface area contributed by atoms with Crippen molar-refractivity contribution in [1.82, 2.24) is 9.80 Å². The van der Waals surface area contributed by atoms with Gasteiger partial charge in [0.05, 0.1) is 6.54 Å². The number of rotatable bonds is 1. The fourth-order valence-corrected chi connectivity index (χ4v) is 2.54. The van der Waals surface area contributed by atoms with Crippen molar-refractivity contribution in [3.63, 3.8) is 0 Å². The molecule has 4 nitrogen and oxygen atoms in total. The monoisotopic (exact) mass is 264 g/mol. The van der Waals surface area contributed by atoms with Crippen LogP contribution in [0.3, 0.4) is 0 Å². The molecule has 0 aliphatic carbocycles. The highest BCUT2D eigenvalue weighted by atomic mass is 15.3. The molecule has 1 unspecified atom stereocenters. The molecule has 0 aromatic carbocycles. The van der Waals surface area contributed by atoms with Gasteiger partial charge in [0.2, 0.25) is 5.96 Å². The van der Waals surface area contributed by atoms with Crippen LogP contribution < -0.4 is 0 Å². The average molecular weight is 264 g/mol. The third kappa shape index (κ3) is 3.56. The molecule has 2 heterocycles. The highest BCUT2D eigenvalue weighted by Gasteiger charge is 2.27. The molecule has 19 heavy (non-hydrogen) atoms. The first-order valence-corrected chi connectivity index (χ1v) is 7.45. The Labute approximate surface area is 117 Å². The zero-order valence-electron chi connectivity index (χ0n) is 13.1. The van der Waals surface area contributed by atoms with Crippen LogP contribution >= 0.6 is 0 Å². The van der Waals surface area contributed by atoms with E-state index in [-0.39, 0.29) is 5.41 Å². The lowest BCUT2D eigenvalue weighted by molar-refractivity contribution is 0.147. The van der Waals surface area contributed by atoms with Gasteiger partial charge in [-0.3, -0.25) is 9.89 Å². The third-order valence-electron chi connectivity index (χ3n) is 4.24. The van der Waals surface area contributed by atoms with E-state index in [1.165, 1.54) is 0 Å². The molecular formula is C15H28N4. The van der Waals surface area contributed by atoms with Crippen LogP contribution in [0.2, 0.25) is 0 Å². The van der Waals surface area contributed by atoms with Crippen LogP contribution in [0.25, 0.3) is 0 Å². The standard InChI is InChI=1S/C15H28N4/c1-12(2)18-6-8-19(9-7-18)14-16-10-13(11-17-14)15(3,4)5/h10,12-13H,6-9,11H2,1-5H3. The summed E-state index contributed by atoms with van der Waals surface area (Å²) in [6.45, 7) is 16.5. The number of hydrogen-bond donors (Lipinski definition) is 0. The fraction of sp³-hybridized carbons (Fsp3) is 0.867. The van der Waals surface area contributed by atoms with Crippen LogP contribution in [0.15, 0.2) is 9.98 Å². The fourth-order valence-electron chi connectivity index (χ4n) is 2.54. The van der Waals surface area contributed by atoms with Crippen LogP contribution in [0.5, 0.6) is 0 Å². The van der Waals surface area contributed by atoms with E-state index in [9.17, 15) is 0 Å². The zero-order valence-corrected chi connectivity index (χ0v) is 13.1. The largest absolute Gasteiger partial charge is 0.339 e. The summed E-state index contributed by atoms with van der Waals surface area (Å²) in [6.07, 6.45) is 2.11. The van der Waals surface area contributed by atoms with E-state index in [1.54, 1.807) is 0 Å². The second-order valence-corrected chi connectivity index (χ2v) is 7.01. The van der Waals surface area contributed by atoms with Gasteiger partial charge in [0.1, 0.15) is 0 Å². The Morgan fingerprint density at radius 1 is 1.16 bits per heavy atom. The maximum absolute atomic E-state index is 4.70. The zero-order chi connectivity index (χ0) is 14.0. The van der Waals surface area contributed by atoms with Gasteiger partial charge in [0.25, 0.3) is 0 Å². The molecule has 1 atom stereocenters. The molecule has 1 saturated heterocycles. The Balaban J connectivity index is 1.89. The molecular weight excluding hydrogens is 236 g/mol. The quantitative estimate of drug-likeness (QED) is 0.726. The number of nitrogens with zero attached hydrogens (tertiary/aromatic N) is 4. The molecule has 0 radical (unpaired) electrons. The van der Waals surface area contributed by atoms with Gasteiger partial charge in [-0.2, -0.15) is 0 Å². The first-order chi connectivity index (χ1) is 8.88. The number of hydrogen-bond acceptors (Lipinski definition) is 4. The lowest BCUT2D eigenvalue weighted by atomic mass is 9.81. The van der Waals surface area contributed by atoms with Crippen LogP contribution in [-0.4, -0.2) is 60.7 Å². The van der Waals surface area contributed by atoms with Crippen LogP contribution in [0, 0.1) is 11.3 Å². The maximum Gasteiger partial charge on any atom is 0.220 e. The van der Waals surface area contributed by atoms with Crippen molar-refractivity contribution < 1.29 is 0 Å². The lowest BCUT2D eigenvalue weighted by Crippen LogP contribution is -2.51. The van der Waals surface area contributed by atoms with E-state index in [2.05, 4.69) is 55.6 Å².